The topological polar surface area (TPSA) is 113 Å². The van der Waals surface area contributed by atoms with Crippen LogP contribution in [0.2, 0.25) is 5.02 Å². The molecule has 2 fully saturated rings. The zero-order valence-corrected chi connectivity index (χ0v) is 21.3. The first-order chi connectivity index (χ1) is 17.0. The Bertz CT molecular complexity index is 954. The highest BCUT2D eigenvalue weighted by atomic mass is 35.5. The van der Waals surface area contributed by atoms with Crippen molar-refractivity contribution in [1.82, 2.24) is 25.8 Å². The Morgan fingerprint density at radius 2 is 1.94 bits per heavy atom. The average molecular weight is 552 g/mol. The highest BCUT2D eigenvalue weighted by molar-refractivity contribution is 8.00. The van der Waals surface area contributed by atoms with E-state index in [1.165, 1.54) is 0 Å². The molecular weight excluding hydrogens is 523 g/mol. The van der Waals surface area contributed by atoms with Gasteiger partial charge in [0, 0.05) is 25.3 Å². The van der Waals surface area contributed by atoms with Crippen molar-refractivity contribution in [3.8, 4) is 0 Å². The number of halogens is 4. The summed E-state index contributed by atoms with van der Waals surface area (Å²) < 4.78 is 43.4. The minimum atomic E-state index is -4.57. The Hall–Kier alpha value is -2.25. The first-order valence-electron chi connectivity index (χ1n) is 11.6. The highest BCUT2D eigenvalue weighted by Crippen LogP contribution is 2.33. The van der Waals surface area contributed by atoms with E-state index in [9.17, 15) is 27.6 Å². The number of aromatic nitrogens is 1. The minimum absolute atomic E-state index is 0.0944. The number of rotatable bonds is 7. The number of nitrogens with zero attached hydrogens (tertiary/aromatic N) is 2. The lowest BCUT2D eigenvalue weighted by atomic mass is 9.86. The number of amides is 3. The Balaban J connectivity index is 1.57. The highest BCUT2D eigenvalue weighted by Gasteiger charge is 2.42. The number of alkyl halides is 3. The molecule has 14 heteroatoms. The van der Waals surface area contributed by atoms with Crippen LogP contribution < -0.4 is 16.0 Å². The summed E-state index contributed by atoms with van der Waals surface area (Å²) in [5.41, 5.74) is -2.09. The van der Waals surface area contributed by atoms with E-state index < -0.39 is 23.2 Å². The van der Waals surface area contributed by atoms with Crippen molar-refractivity contribution in [2.24, 2.45) is 0 Å². The molecule has 0 saturated carbocycles. The molecule has 2 aliphatic heterocycles. The molecule has 0 spiro atoms. The van der Waals surface area contributed by atoms with Crippen molar-refractivity contribution in [3.05, 3.63) is 22.8 Å². The summed E-state index contributed by atoms with van der Waals surface area (Å²) in [4.78, 5) is 43.3. The lowest BCUT2D eigenvalue weighted by Gasteiger charge is -2.39. The van der Waals surface area contributed by atoms with Crippen molar-refractivity contribution < 1.29 is 32.3 Å². The van der Waals surface area contributed by atoms with E-state index in [-0.39, 0.29) is 33.8 Å². The number of hydrogen-bond donors (Lipinski definition) is 3. The predicted octanol–water partition coefficient (Wildman–Crippen LogP) is 2.82. The average Bonchev–Trinajstić information content (AvgIpc) is 2.83. The van der Waals surface area contributed by atoms with Gasteiger partial charge in [-0.05, 0) is 51.8 Å². The molecule has 1 aromatic heterocycles. The maximum atomic E-state index is 13.3. The molecule has 0 bridgehead atoms. The van der Waals surface area contributed by atoms with E-state index in [0.29, 0.717) is 64.7 Å². The van der Waals surface area contributed by atoms with Crippen LogP contribution in [-0.2, 0) is 20.5 Å². The maximum absolute atomic E-state index is 13.3. The minimum Gasteiger partial charge on any atom is -0.450 e. The lowest BCUT2D eigenvalue weighted by Crippen LogP contribution is -2.64. The monoisotopic (exact) mass is 551 g/mol. The molecule has 0 aliphatic carbocycles. The predicted molar refractivity (Wildman–Crippen MR) is 128 cm³/mol. The van der Waals surface area contributed by atoms with Gasteiger partial charge in [-0.1, -0.05) is 23.4 Å². The second-order valence-electron chi connectivity index (χ2n) is 8.61. The van der Waals surface area contributed by atoms with Crippen LogP contribution in [0.15, 0.2) is 17.3 Å². The number of ether oxygens (including phenoxy) is 1. The number of piperidine rings is 2. The molecular formula is C22H29ClF3N5O4S. The Morgan fingerprint density at radius 3 is 2.53 bits per heavy atom. The SMILES string of the molecule is CCOC(=O)N1CCC(NC(=O)C2(NC(=O)CSc3ncc(C(F)(F)F)cc3Cl)CCNCC2)CC1. The van der Waals surface area contributed by atoms with Crippen LogP contribution in [0.4, 0.5) is 18.0 Å². The molecule has 3 N–H and O–H groups in total. The van der Waals surface area contributed by atoms with Crippen LogP contribution in [0.5, 0.6) is 0 Å². The first-order valence-corrected chi connectivity index (χ1v) is 13.0. The fourth-order valence-corrected chi connectivity index (χ4v) is 5.12. The molecule has 3 rings (SSSR count). The van der Waals surface area contributed by atoms with Gasteiger partial charge in [0.2, 0.25) is 11.8 Å². The van der Waals surface area contributed by atoms with Gasteiger partial charge in [-0.3, -0.25) is 9.59 Å². The molecule has 36 heavy (non-hydrogen) atoms. The van der Waals surface area contributed by atoms with Crippen LogP contribution in [0.25, 0.3) is 0 Å². The van der Waals surface area contributed by atoms with Gasteiger partial charge in [0.25, 0.3) is 0 Å². The number of pyridine rings is 1. The number of nitrogens with one attached hydrogen (secondary N) is 3. The van der Waals surface area contributed by atoms with Crippen molar-refractivity contribution >= 4 is 41.3 Å². The molecule has 0 radical (unpaired) electrons. The van der Waals surface area contributed by atoms with Gasteiger partial charge in [-0.25, -0.2) is 9.78 Å². The smallest absolute Gasteiger partial charge is 0.417 e. The summed E-state index contributed by atoms with van der Waals surface area (Å²) in [5.74, 6) is -0.909. The third-order valence-corrected chi connectivity index (χ3v) is 7.51. The van der Waals surface area contributed by atoms with Gasteiger partial charge in [-0.15, -0.1) is 0 Å². The van der Waals surface area contributed by atoms with Crippen LogP contribution in [0.1, 0.15) is 38.2 Å². The number of carbonyl (C=O) groups is 3. The zero-order valence-electron chi connectivity index (χ0n) is 19.8. The number of carbonyl (C=O) groups excluding carboxylic acids is 3. The molecule has 1 aromatic rings. The quantitative estimate of drug-likeness (QED) is 0.447. The van der Waals surface area contributed by atoms with Crippen molar-refractivity contribution in [2.45, 2.75) is 55.4 Å². The van der Waals surface area contributed by atoms with Gasteiger partial charge in [0.1, 0.15) is 10.6 Å². The number of thioether (sulfide) groups is 1. The van der Waals surface area contributed by atoms with Crippen molar-refractivity contribution in [3.63, 3.8) is 0 Å². The molecule has 0 atom stereocenters. The van der Waals surface area contributed by atoms with Crippen molar-refractivity contribution in [1.29, 1.82) is 0 Å². The first kappa shape index (κ1) is 28.3. The molecule has 200 valence electrons. The fraction of sp³-hybridized carbons (Fsp3) is 0.636. The third-order valence-electron chi connectivity index (χ3n) is 6.10. The largest absolute Gasteiger partial charge is 0.450 e. The lowest BCUT2D eigenvalue weighted by molar-refractivity contribution is -0.138. The van der Waals surface area contributed by atoms with E-state index in [1.807, 2.05) is 0 Å². The third kappa shape index (κ3) is 7.39. The summed E-state index contributed by atoms with van der Waals surface area (Å²) in [7, 11) is 0. The summed E-state index contributed by atoms with van der Waals surface area (Å²) in [5, 5.41) is 8.93. The molecule has 9 nitrogen and oxygen atoms in total. The summed E-state index contributed by atoms with van der Waals surface area (Å²) in [6.45, 7) is 4.03. The Kier molecular flexibility index (Phi) is 9.70. The molecule has 3 heterocycles. The number of likely N-dealkylation sites (tertiary alicyclic amines) is 1. The molecule has 2 aliphatic rings. The second-order valence-corrected chi connectivity index (χ2v) is 9.98. The number of hydrogen-bond acceptors (Lipinski definition) is 7. The van der Waals surface area contributed by atoms with E-state index >= 15 is 0 Å². The zero-order chi connectivity index (χ0) is 26.3. The Morgan fingerprint density at radius 1 is 1.28 bits per heavy atom. The normalized spacial score (nSPS) is 18.4. The maximum Gasteiger partial charge on any atom is 0.417 e. The van der Waals surface area contributed by atoms with E-state index in [2.05, 4.69) is 20.9 Å². The standard InChI is InChI=1S/C22H29ClF3N5O4S/c1-2-35-20(34)31-9-3-15(4-10-31)29-19(33)21(5-7-27-8-6-21)30-17(32)13-36-18-16(23)11-14(12-28-18)22(24,25)26/h11-12,15,27H,2-10,13H2,1H3,(H,29,33)(H,30,32). The van der Waals surface area contributed by atoms with E-state index in [0.717, 1.165) is 17.8 Å². The van der Waals surface area contributed by atoms with Crippen LogP contribution >= 0.6 is 23.4 Å². The van der Waals surface area contributed by atoms with Crippen molar-refractivity contribution in [2.75, 3.05) is 38.5 Å². The van der Waals surface area contributed by atoms with Gasteiger partial charge in [-0.2, -0.15) is 13.2 Å². The van der Waals surface area contributed by atoms with Gasteiger partial charge in [0.15, 0.2) is 0 Å². The molecule has 0 unspecified atom stereocenters. The van der Waals surface area contributed by atoms with Gasteiger partial charge < -0.3 is 25.6 Å². The van der Waals surface area contributed by atoms with E-state index in [1.54, 1.807) is 11.8 Å². The summed E-state index contributed by atoms with van der Waals surface area (Å²) in [6.07, 6.45) is -2.36. The fourth-order valence-electron chi connectivity index (χ4n) is 4.13. The molecule has 3 amide bonds. The summed E-state index contributed by atoms with van der Waals surface area (Å²) >= 11 is 6.82. The van der Waals surface area contributed by atoms with Gasteiger partial charge >= 0.3 is 12.3 Å². The van der Waals surface area contributed by atoms with Gasteiger partial charge in [0.05, 0.1) is 22.9 Å². The Labute approximate surface area is 216 Å². The van der Waals surface area contributed by atoms with Crippen LogP contribution in [0, 0.1) is 0 Å². The molecule has 2 saturated heterocycles. The summed E-state index contributed by atoms with van der Waals surface area (Å²) in [6, 6.07) is 0.625. The van der Waals surface area contributed by atoms with E-state index in [4.69, 9.17) is 16.3 Å². The second kappa shape index (κ2) is 12.3. The van der Waals surface area contributed by atoms with Crippen LogP contribution in [-0.4, -0.2) is 77.9 Å². The van der Waals surface area contributed by atoms with Crippen LogP contribution in [0.3, 0.4) is 0 Å². The molecule has 0 aromatic carbocycles.